The van der Waals surface area contributed by atoms with Gasteiger partial charge in [0.15, 0.2) is 0 Å². The fourth-order valence-corrected chi connectivity index (χ4v) is 1.97. The van der Waals surface area contributed by atoms with E-state index in [9.17, 15) is 0 Å². The van der Waals surface area contributed by atoms with Crippen molar-refractivity contribution >= 4 is 0 Å². The van der Waals surface area contributed by atoms with Gasteiger partial charge in [-0.05, 0) is 31.2 Å². The average molecular weight is 230 g/mol. The first-order valence-corrected chi connectivity index (χ1v) is 5.85. The summed E-state index contributed by atoms with van der Waals surface area (Å²) in [4.78, 5) is 4.23. The standard InChI is InChI=1S/C13H18N4/c1-4-14-13(12-8-16-17(3)9-12)11-5-6-15-10(2)7-11/h5-9,13-14H,4H2,1-3H3. The number of hydrogen-bond donors (Lipinski definition) is 1. The van der Waals surface area contributed by atoms with Crippen molar-refractivity contribution in [1.82, 2.24) is 20.1 Å². The molecule has 2 aromatic heterocycles. The molecule has 0 aliphatic carbocycles. The second-order valence-corrected chi connectivity index (χ2v) is 4.17. The lowest BCUT2D eigenvalue weighted by molar-refractivity contribution is 0.628. The first-order chi connectivity index (χ1) is 8.20. The molecular weight excluding hydrogens is 212 g/mol. The third-order valence-electron chi connectivity index (χ3n) is 2.72. The summed E-state index contributed by atoms with van der Waals surface area (Å²) in [5, 5.41) is 7.70. The van der Waals surface area contributed by atoms with Crippen molar-refractivity contribution in [2.75, 3.05) is 6.54 Å². The van der Waals surface area contributed by atoms with Crippen LogP contribution in [0.3, 0.4) is 0 Å². The van der Waals surface area contributed by atoms with Crippen LogP contribution in [0.4, 0.5) is 0 Å². The van der Waals surface area contributed by atoms with Crippen LogP contribution in [-0.2, 0) is 7.05 Å². The van der Waals surface area contributed by atoms with Crippen molar-refractivity contribution in [1.29, 1.82) is 0 Å². The Kier molecular flexibility index (Phi) is 3.54. The van der Waals surface area contributed by atoms with Crippen LogP contribution in [-0.4, -0.2) is 21.3 Å². The second kappa shape index (κ2) is 5.10. The fraction of sp³-hybridized carbons (Fsp3) is 0.385. The van der Waals surface area contributed by atoms with Crippen molar-refractivity contribution in [3.8, 4) is 0 Å². The lowest BCUT2D eigenvalue weighted by Crippen LogP contribution is -2.21. The van der Waals surface area contributed by atoms with Gasteiger partial charge >= 0.3 is 0 Å². The molecule has 0 aromatic carbocycles. The Bertz CT molecular complexity index is 490. The summed E-state index contributed by atoms with van der Waals surface area (Å²) in [5.74, 6) is 0. The van der Waals surface area contributed by atoms with Crippen LogP contribution < -0.4 is 5.32 Å². The largest absolute Gasteiger partial charge is 0.306 e. The van der Waals surface area contributed by atoms with E-state index >= 15 is 0 Å². The summed E-state index contributed by atoms with van der Waals surface area (Å²) in [5.41, 5.74) is 3.45. The molecule has 0 radical (unpaired) electrons. The van der Waals surface area contributed by atoms with Gasteiger partial charge in [-0.15, -0.1) is 0 Å². The number of nitrogens with zero attached hydrogens (tertiary/aromatic N) is 3. The third-order valence-corrected chi connectivity index (χ3v) is 2.72. The van der Waals surface area contributed by atoms with E-state index in [4.69, 9.17) is 0 Å². The Morgan fingerprint density at radius 2 is 2.24 bits per heavy atom. The minimum Gasteiger partial charge on any atom is -0.306 e. The molecule has 0 saturated carbocycles. The maximum atomic E-state index is 4.23. The maximum absolute atomic E-state index is 4.23. The van der Waals surface area contributed by atoms with Crippen molar-refractivity contribution in [3.63, 3.8) is 0 Å². The van der Waals surface area contributed by atoms with Crippen LogP contribution in [0.25, 0.3) is 0 Å². The molecule has 0 bridgehead atoms. The number of pyridine rings is 1. The summed E-state index contributed by atoms with van der Waals surface area (Å²) in [7, 11) is 1.93. The van der Waals surface area contributed by atoms with E-state index in [0.717, 1.165) is 12.2 Å². The number of aryl methyl sites for hydroxylation is 2. The average Bonchev–Trinajstić information content (AvgIpc) is 2.72. The highest BCUT2D eigenvalue weighted by atomic mass is 15.2. The Hall–Kier alpha value is -1.68. The van der Waals surface area contributed by atoms with Gasteiger partial charge in [-0.25, -0.2) is 0 Å². The Morgan fingerprint density at radius 3 is 2.82 bits per heavy atom. The van der Waals surface area contributed by atoms with E-state index in [0.29, 0.717) is 0 Å². The van der Waals surface area contributed by atoms with Crippen LogP contribution >= 0.6 is 0 Å². The monoisotopic (exact) mass is 230 g/mol. The second-order valence-electron chi connectivity index (χ2n) is 4.17. The van der Waals surface area contributed by atoms with Gasteiger partial charge in [0.2, 0.25) is 0 Å². The molecule has 0 fully saturated rings. The molecule has 2 rings (SSSR count). The smallest absolute Gasteiger partial charge is 0.0609 e. The van der Waals surface area contributed by atoms with E-state index in [1.165, 1.54) is 11.1 Å². The van der Waals surface area contributed by atoms with E-state index in [1.807, 2.05) is 43.3 Å². The van der Waals surface area contributed by atoms with Gasteiger partial charge in [0.05, 0.1) is 12.2 Å². The van der Waals surface area contributed by atoms with Crippen molar-refractivity contribution in [2.45, 2.75) is 19.9 Å². The van der Waals surface area contributed by atoms with Crippen LogP contribution in [0.1, 0.15) is 29.8 Å². The SMILES string of the molecule is CCNC(c1ccnc(C)c1)c1cnn(C)c1. The van der Waals surface area contributed by atoms with Gasteiger partial charge in [0, 0.05) is 30.7 Å². The highest BCUT2D eigenvalue weighted by molar-refractivity contribution is 5.29. The minimum atomic E-state index is 0.190. The summed E-state index contributed by atoms with van der Waals surface area (Å²) in [6.45, 7) is 5.04. The molecule has 0 amide bonds. The Balaban J connectivity index is 2.35. The van der Waals surface area contributed by atoms with Gasteiger partial charge in [-0.3, -0.25) is 9.67 Å². The van der Waals surface area contributed by atoms with Crippen molar-refractivity contribution in [2.24, 2.45) is 7.05 Å². The molecule has 17 heavy (non-hydrogen) atoms. The van der Waals surface area contributed by atoms with Gasteiger partial charge in [0.25, 0.3) is 0 Å². The molecule has 0 saturated heterocycles. The zero-order chi connectivity index (χ0) is 12.3. The molecule has 1 atom stereocenters. The number of nitrogens with one attached hydrogen (secondary N) is 1. The minimum absolute atomic E-state index is 0.190. The van der Waals surface area contributed by atoms with Gasteiger partial charge in [0.1, 0.15) is 0 Å². The number of aromatic nitrogens is 3. The summed E-state index contributed by atoms with van der Waals surface area (Å²) >= 11 is 0. The van der Waals surface area contributed by atoms with Crippen molar-refractivity contribution < 1.29 is 0 Å². The molecule has 4 nitrogen and oxygen atoms in total. The van der Waals surface area contributed by atoms with Gasteiger partial charge < -0.3 is 5.32 Å². The van der Waals surface area contributed by atoms with Crippen LogP contribution in [0.15, 0.2) is 30.7 Å². The van der Waals surface area contributed by atoms with Crippen LogP contribution in [0, 0.1) is 6.92 Å². The van der Waals surface area contributed by atoms with Gasteiger partial charge in [-0.2, -0.15) is 5.10 Å². The molecule has 1 unspecified atom stereocenters. The fourth-order valence-electron chi connectivity index (χ4n) is 1.97. The molecular formula is C13H18N4. The molecule has 90 valence electrons. The Morgan fingerprint density at radius 1 is 1.41 bits per heavy atom. The molecule has 0 aliphatic heterocycles. The molecule has 0 aliphatic rings. The quantitative estimate of drug-likeness (QED) is 0.871. The number of hydrogen-bond acceptors (Lipinski definition) is 3. The predicted molar refractivity (Wildman–Crippen MR) is 67.7 cm³/mol. The summed E-state index contributed by atoms with van der Waals surface area (Å²) in [6, 6.07) is 4.35. The molecule has 0 spiro atoms. The van der Waals surface area contributed by atoms with E-state index in [1.54, 1.807) is 0 Å². The highest BCUT2D eigenvalue weighted by Gasteiger charge is 2.14. The van der Waals surface area contributed by atoms with E-state index in [2.05, 4.69) is 28.4 Å². The molecule has 2 heterocycles. The summed E-state index contributed by atoms with van der Waals surface area (Å²) in [6.07, 6.45) is 5.80. The highest BCUT2D eigenvalue weighted by Crippen LogP contribution is 2.21. The van der Waals surface area contributed by atoms with Crippen molar-refractivity contribution in [3.05, 3.63) is 47.5 Å². The molecule has 4 heteroatoms. The van der Waals surface area contributed by atoms with E-state index in [-0.39, 0.29) is 6.04 Å². The lowest BCUT2D eigenvalue weighted by atomic mass is 10.0. The Labute approximate surface area is 102 Å². The predicted octanol–water partition coefficient (Wildman–Crippen LogP) is 1.82. The van der Waals surface area contributed by atoms with Crippen LogP contribution in [0.5, 0.6) is 0 Å². The topological polar surface area (TPSA) is 42.7 Å². The molecule has 2 aromatic rings. The maximum Gasteiger partial charge on any atom is 0.0609 e. The zero-order valence-corrected chi connectivity index (χ0v) is 10.5. The normalized spacial score (nSPS) is 12.6. The first-order valence-electron chi connectivity index (χ1n) is 5.85. The number of rotatable bonds is 4. The third kappa shape index (κ3) is 2.71. The zero-order valence-electron chi connectivity index (χ0n) is 10.5. The van der Waals surface area contributed by atoms with Crippen LogP contribution in [0.2, 0.25) is 0 Å². The van der Waals surface area contributed by atoms with E-state index < -0.39 is 0 Å². The first kappa shape index (κ1) is 11.8. The lowest BCUT2D eigenvalue weighted by Gasteiger charge is -2.17. The summed E-state index contributed by atoms with van der Waals surface area (Å²) < 4.78 is 1.83. The molecule has 1 N–H and O–H groups in total. The van der Waals surface area contributed by atoms with Gasteiger partial charge in [-0.1, -0.05) is 6.92 Å².